The van der Waals surface area contributed by atoms with E-state index in [1.807, 2.05) is 6.92 Å². The van der Waals surface area contributed by atoms with Crippen molar-refractivity contribution in [1.29, 1.82) is 0 Å². The molecule has 0 unspecified atom stereocenters. The highest BCUT2D eigenvalue weighted by atomic mass is 35.5. The summed E-state index contributed by atoms with van der Waals surface area (Å²) in [4.78, 5) is 24.5. The number of nitrogens with one attached hydrogen (secondary N) is 2. The van der Waals surface area contributed by atoms with Gasteiger partial charge in [0.15, 0.2) is 5.69 Å². The Labute approximate surface area is 166 Å². The first-order valence-electron chi connectivity index (χ1n) is 8.51. The van der Waals surface area contributed by atoms with E-state index in [9.17, 15) is 9.59 Å². The van der Waals surface area contributed by atoms with Gasteiger partial charge in [-0.3, -0.25) is 20.4 Å². The van der Waals surface area contributed by atoms with Crippen LogP contribution >= 0.6 is 11.6 Å². The van der Waals surface area contributed by atoms with E-state index in [2.05, 4.69) is 21.2 Å². The van der Waals surface area contributed by atoms with Crippen LogP contribution in [0.4, 0.5) is 0 Å². The van der Waals surface area contributed by atoms with Crippen LogP contribution in [0.5, 0.6) is 5.75 Å². The molecule has 0 atom stereocenters. The molecule has 2 aromatic carbocycles. The van der Waals surface area contributed by atoms with Crippen LogP contribution in [-0.4, -0.2) is 33.4 Å². The number of benzene rings is 2. The van der Waals surface area contributed by atoms with E-state index in [0.717, 1.165) is 0 Å². The van der Waals surface area contributed by atoms with Crippen molar-refractivity contribution in [3.8, 4) is 11.4 Å². The molecule has 2 N–H and O–H groups in total. The summed E-state index contributed by atoms with van der Waals surface area (Å²) in [7, 11) is 0. The lowest BCUT2D eigenvalue weighted by Crippen LogP contribution is -2.42. The molecule has 8 nitrogen and oxygen atoms in total. The number of rotatable bonds is 5. The first-order valence-corrected chi connectivity index (χ1v) is 8.89. The fourth-order valence-electron chi connectivity index (χ4n) is 2.51. The van der Waals surface area contributed by atoms with Crippen LogP contribution in [-0.2, 0) is 0 Å². The van der Waals surface area contributed by atoms with Gasteiger partial charge in [-0.05, 0) is 56.3 Å². The molecule has 0 aliphatic heterocycles. The van der Waals surface area contributed by atoms with E-state index in [1.165, 1.54) is 4.68 Å². The van der Waals surface area contributed by atoms with Gasteiger partial charge in [-0.1, -0.05) is 22.9 Å². The molecule has 0 fully saturated rings. The third kappa shape index (κ3) is 4.29. The van der Waals surface area contributed by atoms with Crippen molar-refractivity contribution in [3.05, 3.63) is 70.5 Å². The highest BCUT2D eigenvalue weighted by molar-refractivity contribution is 6.30. The fourth-order valence-corrected chi connectivity index (χ4v) is 2.69. The number of carbonyl (C=O) groups excluding carboxylic acids is 2. The fraction of sp³-hybridized carbons (Fsp3) is 0.158. The number of ether oxygens (including phenoxy) is 1. The van der Waals surface area contributed by atoms with Crippen LogP contribution in [0, 0.1) is 6.92 Å². The van der Waals surface area contributed by atoms with Gasteiger partial charge in [0.1, 0.15) is 5.75 Å². The second-order valence-corrected chi connectivity index (χ2v) is 6.22. The number of amides is 2. The minimum atomic E-state index is -0.579. The van der Waals surface area contributed by atoms with E-state index in [4.69, 9.17) is 16.3 Å². The van der Waals surface area contributed by atoms with Crippen LogP contribution in [0.15, 0.2) is 48.5 Å². The van der Waals surface area contributed by atoms with Crippen molar-refractivity contribution in [1.82, 2.24) is 25.8 Å². The van der Waals surface area contributed by atoms with Gasteiger partial charge in [0.2, 0.25) is 0 Å². The average molecular weight is 400 g/mol. The van der Waals surface area contributed by atoms with Gasteiger partial charge in [-0.15, -0.1) is 5.10 Å². The summed E-state index contributed by atoms with van der Waals surface area (Å²) in [6.07, 6.45) is 0. The van der Waals surface area contributed by atoms with E-state index >= 15 is 0 Å². The number of nitrogens with zero attached hydrogens (tertiary/aromatic N) is 3. The molecule has 2 amide bonds. The van der Waals surface area contributed by atoms with E-state index < -0.39 is 11.8 Å². The maximum atomic E-state index is 12.4. The Bertz CT molecular complexity index is 1000. The molecule has 28 heavy (non-hydrogen) atoms. The normalized spacial score (nSPS) is 10.4. The lowest BCUT2D eigenvalue weighted by atomic mass is 10.2. The monoisotopic (exact) mass is 399 g/mol. The van der Waals surface area contributed by atoms with Crippen molar-refractivity contribution < 1.29 is 14.3 Å². The van der Waals surface area contributed by atoms with Gasteiger partial charge in [0, 0.05) is 10.6 Å². The van der Waals surface area contributed by atoms with E-state index in [-0.39, 0.29) is 5.69 Å². The van der Waals surface area contributed by atoms with Gasteiger partial charge < -0.3 is 4.74 Å². The Morgan fingerprint density at radius 3 is 2.50 bits per heavy atom. The average Bonchev–Trinajstić information content (AvgIpc) is 3.08. The standard InChI is InChI=1S/C19H18ClN5O3/c1-3-28-16-9-7-13(8-10-16)18(26)22-23-19(27)17-12(2)25(24-21-17)15-6-4-5-14(20)11-15/h4-11H,3H2,1-2H3,(H,22,26)(H,23,27). The van der Waals surface area contributed by atoms with Crippen LogP contribution in [0.2, 0.25) is 5.02 Å². The molecule has 144 valence electrons. The summed E-state index contributed by atoms with van der Waals surface area (Å²) >= 11 is 5.99. The summed E-state index contributed by atoms with van der Waals surface area (Å²) in [6, 6.07) is 13.6. The molecule has 1 heterocycles. The lowest BCUT2D eigenvalue weighted by molar-refractivity contribution is 0.0843. The predicted molar refractivity (Wildman–Crippen MR) is 104 cm³/mol. The topological polar surface area (TPSA) is 98.1 Å². The van der Waals surface area contributed by atoms with Crippen LogP contribution in [0.25, 0.3) is 5.69 Å². The Balaban J connectivity index is 1.66. The van der Waals surface area contributed by atoms with Gasteiger partial charge in [0.25, 0.3) is 11.8 Å². The molecular formula is C19H18ClN5O3. The number of aromatic nitrogens is 3. The van der Waals surface area contributed by atoms with Gasteiger partial charge in [0.05, 0.1) is 18.0 Å². The lowest BCUT2D eigenvalue weighted by Gasteiger charge is -2.08. The summed E-state index contributed by atoms with van der Waals surface area (Å²) in [5, 5.41) is 8.42. The smallest absolute Gasteiger partial charge is 0.292 e. The number of hydrogen-bond donors (Lipinski definition) is 2. The van der Waals surface area contributed by atoms with E-state index in [1.54, 1.807) is 55.5 Å². The number of hydrazine groups is 1. The number of carbonyl (C=O) groups is 2. The summed E-state index contributed by atoms with van der Waals surface area (Å²) in [6.45, 7) is 4.11. The molecule has 0 aliphatic carbocycles. The summed E-state index contributed by atoms with van der Waals surface area (Å²) in [5.74, 6) is -0.377. The van der Waals surface area contributed by atoms with Gasteiger partial charge in [-0.25, -0.2) is 4.68 Å². The molecular weight excluding hydrogens is 382 g/mol. The second kappa shape index (κ2) is 8.53. The first-order chi connectivity index (χ1) is 13.5. The predicted octanol–water partition coefficient (Wildman–Crippen LogP) is 2.70. The van der Waals surface area contributed by atoms with Crippen molar-refractivity contribution in [2.75, 3.05) is 6.61 Å². The number of hydrogen-bond acceptors (Lipinski definition) is 5. The zero-order valence-electron chi connectivity index (χ0n) is 15.3. The molecule has 9 heteroatoms. The Hall–Kier alpha value is -3.39. The highest BCUT2D eigenvalue weighted by Gasteiger charge is 2.18. The van der Waals surface area contributed by atoms with Crippen LogP contribution < -0.4 is 15.6 Å². The van der Waals surface area contributed by atoms with Crippen molar-refractivity contribution in [2.24, 2.45) is 0 Å². The molecule has 3 rings (SSSR count). The van der Waals surface area contributed by atoms with Crippen molar-refractivity contribution in [3.63, 3.8) is 0 Å². The maximum Gasteiger partial charge on any atom is 0.292 e. The first kappa shape index (κ1) is 19.4. The highest BCUT2D eigenvalue weighted by Crippen LogP contribution is 2.16. The van der Waals surface area contributed by atoms with Gasteiger partial charge in [-0.2, -0.15) is 0 Å². The zero-order chi connectivity index (χ0) is 20.1. The summed E-state index contributed by atoms with van der Waals surface area (Å²) < 4.78 is 6.82. The molecule has 0 saturated heterocycles. The minimum absolute atomic E-state index is 0.0898. The SMILES string of the molecule is CCOc1ccc(C(=O)NNC(=O)c2nnn(-c3cccc(Cl)c3)c2C)cc1. The number of halogens is 1. The molecule has 0 bridgehead atoms. The van der Waals surface area contributed by atoms with E-state index in [0.29, 0.717) is 34.3 Å². The third-order valence-corrected chi connectivity index (χ3v) is 4.11. The maximum absolute atomic E-state index is 12.4. The minimum Gasteiger partial charge on any atom is -0.494 e. The van der Waals surface area contributed by atoms with Gasteiger partial charge >= 0.3 is 0 Å². The molecule has 0 saturated carbocycles. The molecule has 1 aromatic heterocycles. The van der Waals surface area contributed by atoms with Crippen molar-refractivity contribution >= 4 is 23.4 Å². The quantitative estimate of drug-likeness (QED) is 0.643. The second-order valence-electron chi connectivity index (χ2n) is 5.78. The van der Waals surface area contributed by atoms with Crippen LogP contribution in [0.3, 0.4) is 0 Å². The third-order valence-electron chi connectivity index (χ3n) is 3.88. The van der Waals surface area contributed by atoms with Crippen LogP contribution in [0.1, 0.15) is 33.5 Å². The summed E-state index contributed by atoms with van der Waals surface area (Å²) in [5.41, 5.74) is 6.35. The molecule has 3 aromatic rings. The largest absolute Gasteiger partial charge is 0.494 e. The molecule has 0 aliphatic rings. The zero-order valence-corrected chi connectivity index (χ0v) is 16.0. The Kier molecular flexibility index (Phi) is 5.90. The van der Waals surface area contributed by atoms with Crippen molar-refractivity contribution in [2.45, 2.75) is 13.8 Å². The Morgan fingerprint density at radius 2 is 1.82 bits per heavy atom. The molecule has 0 spiro atoms. The molecule has 0 radical (unpaired) electrons. The Morgan fingerprint density at radius 1 is 1.11 bits per heavy atom.